The molecule has 3 N–H and O–H groups in total. The molecule has 2 atom stereocenters. The Hall–Kier alpha value is -1.92. The maximum atomic E-state index is 12.4. The molecule has 0 spiro atoms. The highest BCUT2D eigenvalue weighted by Crippen LogP contribution is 2.15. The fraction of sp³-hybridized carbons (Fsp3) is 0.849. The first-order chi connectivity index (χ1) is 29.0. The van der Waals surface area contributed by atoms with E-state index in [1.165, 1.54) is 161 Å². The molecule has 1 amide bonds. The van der Waals surface area contributed by atoms with Crippen molar-refractivity contribution in [3.63, 3.8) is 0 Å². The van der Waals surface area contributed by atoms with Crippen LogP contribution in [-0.2, 0) is 14.3 Å². The highest BCUT2D eigenvalue weighted by Gasteiger charge is 2.18. The number of allylic oxidation sites excluding steroid dienone is 5. The zero-order valence-corrected chi connectivity index (χ0v) is 39.2. The average Bonchev–Trinajstić information content (AvgIpc) is 3.24. The third-order valence-electron chi connectivity index (χ3n) is 11.7. The molecule has 59 heavy (non-hydrogen) atoms. The smallest absolute Gasteiger partial charge is 0.305 e. The molecule has 0 aliphatic carbocycles. The molecule has 346 valence electrons. The summed E-state index contributed by atoms with van der Waals surface area (Å²) in [6.07, 6.45) is 58.7. The SMILES string of the molecule is CCCCCCCCCC/C=C/C(O)C(CO)NC(=O)CCCCCCCCCCCC/C=C\C=C/CCCCCOC(=O)CCCCCCCCCCCCCCC. The molecule has 0 aromatic rings. The van der Waals surface area contributed by atoms with Crippen LogP contribution in [0.25, 0.3) is 0 Å². The summed E-state index contributed by atoms with van der Waals surface area (Å²) in [6, 6.07) is -0.633. The molecule has 2 unspecified atom stereocenters. The van der Waals surface area contributed by atoms with Gasteiger partial charge in [0.05, 0.1) is 25.4 Å². The van der Waals surface area contributed by atoms with Gasteiger partial charge < -0.3 is 20.3 Å². The van der Waals surface area contributed by atoms with Crippen LogP contribution in [0.2, 0.25) is 0 Å². The lowest BCUT2D eigenvalue weighted by atomic mass is 10.0. The molecule has 6 heteroatoms. The fourth-order valence-corrected chi connectivity index (χ4v) is 7.68. The van der Waals surface area contributed by atoms with Crippen molar-refractivity contribution in [2.45, 2.75) is 276 Å². The number of aliphatic hydroxyl groups excluding tert-OH is 2. The van der Waals surface area contributed by atoms with Crippen molar-refractivity contribution < 1.29 is 24.5 Å². The lowest BCUT2D eigenvalue weighted by Gasteiger charge is -2.20. The number of carbonyl (C=O) groups is 2. The number of rotatable bonds is 47. The largest absolute Gasteiger partial charge is 0.466 e. The van der Waals surface area contributed by atoms with Gasteiger partial charge in [0.2, 0.25) is 5.91 Å². The predicted octanol–water partition coefficient (Wildman–Crippen LogP) is 15.3. The number of carbonyl (C=O) groups excluding carboxylic acids is 2. The Labute approximate surface area is 366 Å². The Bertz CT molecular complexity index is 962. The van der Waals surface area contributed by atoms with E-state index in [1.807, 2.05) is 6.08 Å². The molecule has 0 heterocycles. The normalized spacial score (nSPS) is 12.9. The van der Waals surface area contributed by atoms with Crippen molar-refractivity contribution in [2.24, 2.45) is 0 Å². The molecule has 0 saturated carbocycles. The third-order valence-corrected chi connectivity index (χ3v) is 11.7. The van der Waals surface area contributed by atoms with Crippen LogP contribution in [0.4, 0.5) is 0 Å². The van der Waals surface area contributed by atoms with Crippen LogP contribution in [0.5, 0.6) is 0 Å². The molecule has 0 radical (unpaired) electrons. The van der Waals surface area contributed by atoms with Crippen molar-refractivity contribution in [1.82, 2.24) is 5.32 Å². The van der Waals surface area contributed by atoms with E-state index in [2.05, 4.69) is 43.5 Å². The summed E-state index contributed by atoms with van der Waals surface area (Å²) < 4.78 is 5.44. The molecule has 0 bridgehead atoms. The molecule has 0 aromatic carbocycles. The molecule has 0 rings (SSSR count). The number of ether oxygens (including phenoxy) is 1. The van der Waals surface area contributed by atoms with E-state index < -0.39 is 12.1 Å². The van der Waals surface area contributed by atoms with Crippen molar-refractivity contribution >= 4 is 11.9 Å². The highest BCUT2D eigenvalue weighted by molar-refractivity contribution is 5.76. The molecule has 0 saturated heterocycles. The molecule has 6 nitrogen and oxygen atoms in total. The summed E-state index contributed by atoms with van der Waals surface area (Å²) in [7, 11) is 0. The number of aliphatic hydroxyl groups is 2. The zero-order valence-electron chi connectivity index (χ0n) is 39.2. The van der Waals surface area contributed by atoms with Crippen LogP contribution in [0.1, 0.15) is 264 Å². The number of amides is 1. The first-order valence-electron chi connectivity index (χ1n) is 25.8. The van der Waals surface area contributed by atoms with E-state index in [4.69, 9.17) is 4.74 Å². The van der Waals surface area contributed by atoms with Crippen molar-refractivity contribution in [3.05, 3.63) is 36.5 Å². The first kappa shape index (κ1) is 57.1. The Balaban J connectivity index is 3.49. The van der Waals surface area contributed by atoms with Crippen LogP contribution in [0.15, 0.2) is 36.5 Å². The van der Waals surface area contributed by atoms with Crippen molar-refractivity contribution in [2.75, 3.05) is 13.2 Å². The van der Waals surface area contributed by atoms with Crippen LogP contribution >= 0.6 is 0 Å². The van der Waals surface area contributed by atoms with E-state index in [9.17, 15) is 19.8 Å². The van der Waals surface area contributed by atoms with Gasteiger partial charge in [0.15, 0.2) is 0 Å². The van der Waals surface area contributed by atoms with Gasteiger partial charge in [-0.25, -0.2) is 0 Å². The van der Waals surface area contributed by atoms with Gasteiger partial charge >= 0.3 is 5.97 Å². The van der Waals surface area contributed by atoms with E-state index in [1.54, 1.807) is 6.08 Å². The molecule has 0 aliphatic heterocycles. The van der Waals surface area contributed by atoms with Gasteiger partial charge in [0.25, 0.3) is 0 Å². The van der Waals surface area contributed by atoms with Gasteiger partial charge in [-0.2, -0.15) is 0 Å². The van der Waals surface area contributed by atoms with Crippen LogP contribution in [0.3, 0.4) is 0 Å². The summed E-state index contributed by atoms with van der Waals surface area (Å²) >= 11 is 0. The second-order valence-corrected chi connectivity index (χ2v) is 17.5. The van der Waals surface area contributed by atoms with Gasteiger partial charge in [-0.1, -0.05) is 224 Å². The van der Waals surface area contributed by atoms with Gasteiger partial charge in [-0.3, -0.25) is 9.59 Å². The second kappa shape index (κ2) is 48.7. The van der Waals surface area contributed by atoms with Crippen LogP contribution in [-0.4, -0.2) is 47.4 Å². The summed E-state index contributed by atoms with van der Waals surface area (Å²) in [5.74, 6) is -0.0940. The standard InChI is InChI=1S/C53H99NO5/c1-3-5-7-9-11-13-15-23-27-31-35-39-43-47-53(58)59-48-44-40-36-32-28-25-22-20-18-16-17-19-21-24-26-30-34-38-42-46-52(57)54-50(49-55)51(56)45-41-37-33-29-14-12-10-8-6-4-2/h20,22,25,28,41,45,50-51,55-56H,3-19,21,23-24,26-27,29-40,42-44,46-49H2,1-2H3,(H,54,57)/b22-20-,28-25-,45-41+. The zero-order chi connectivity index (χ0) is 43.0. The maximum absolute atomic E-state index is 12.4. The fourth-order valence-electron chi connectivity index (χ4n) is 7.68. The second-order valence-electron chi connectivity index (χ2n) is 17.5. The van der Waals surface area contributed by atoms with Crippen LogP contribution < -0.4 is 5.32 Å². The monoisotopic (exact) mass is 830 g/mol. The summed E-state index contributed by atoms with van der Waals surface area (Å²) in [6.45, 7) is 4.83. The topological polar surface area (TPSA) is 95.9 Å². The van der Waals surface area contributed by atoms with Gasteiger partial charge in [-0.05, 0) is 64.2 Å². The Kier molecular flexibility index (Phi) is 47.2. The Morgan fingerprint density at radius 2 is 0.831 bits per heavy atom. The van der Waals surface area contributed by atoms with Gasteiger partial charge in [0.1, 0.15) is 0 Å². The molecule has 0 aliphatic rings. The molecule has 0 fully saturated rings. The summed E-state index contributed by atoms with van der Waals surface area (Å²) in [5, 5.41) is 22.9. The lowest BCUT2D eigenvalue weighted by molar-refractivity contribution is -0.143. The number of hydrogen-bond donors (Lipinski definition) is 3. The Morgan fingerprint density at radius 1 is 0.475 bits per heavy atom. The highest BCUT2D eigenvalue weighted by atomic mass is 16.5. The quantitative estimate of drug-likeness (QED) is 0.0246. The number of hydrogen-bond acceptors (Lipinski definition) is 5. The predicted molar refractivity (Wildman–Crippen MR) is 255 cm³/mol. The van der Waals surface area contributed by atoms with Crippen molar-refractivity contribution in [1.29, 1.82) is 0 Å². The summed E-state index contributed by atoms with van der Waals surface area (Å²) in [5.41, 5.74) is 0. The van der Waals surface area contributed by atoms with E-state index >= 15 is 0 Å². The van der Waals surface area contributed by atoms with E-state index in [0.717, 1.165) is 77.0 Å². The van der Waals surface area contributed by atoms with E-state index in [0.29, 0.717) is 19.4 Å². The van der Waals surface area contributed by atoms with Gasteiger partial charge in [-0.15, -0.1) is 0 Å². The summed E-state index contributed by atoms with van der Waals surface area (Å²) in [4.78, 5) is 24.4. The minimum atomic E-state index is -0.849. The molecule has 0 aromatic heterocycles. The number of esters is 1. The lowest BCUT2D eigenvalue weighted by Crippen LogP contribution is -2.45. The van der Waals surface area contributed by atoms with Gasteiger partial charge in [0, 0.05) is 12.8 Å². The number of unbranched alkanes of at least 4 members (excludes halogenated alkanes) is 33. The Morgan fingerprint density at radius 3 is 1.25 bits per heavy atom. The van der Waals surface area contributed by atoms with Crippen LogP contribution in [0, 0.1) is 0 Å². The first-order valence-corrected chi connectivity index (χ1v) is 25.8. The molecular weight excluding hydrogens is 731 g/mol. The third kappa shape index (κ3) is 45.4. The molecular formula is C53H99NO5. The number of nitrogens with one attached hydrogen (secondary N) is 1. The van der Waals surface area contributed by atoms with E-state index in [-0.39, 0.29) is 18.5 Å². The minimum Gasteiger partial charge on any atom is -0.466 e. The van der Waals surface area contributed by atoms with Crippen molar-refractivity contribution in [3.8, 4) is 0 Å². The minimum absolute atomic E-state index is 0.0134. The average molecular weight is 830 g/mol. The maximum Gasteiger partial charge on any atom is 0.305 e.